The van der Waals surface area contributed by atoms with E-state index in [9.17, 15) is 42.3 Å². The van der Waals surface area contributed by atoms with Crippen LogP contribution in [0.2, 0.25) is 0 Å². The number of Topliss-reactive ketones (excluding diaryl/α,β-unsaturated/α-hetero) is 1. The minimum absolute atomic E-state index is 0.350. The Morgan fingerprint density at radius 1 is 0.600 bits per heavy atom. The first-order valence-corrected chi connectivity index (χ1v) is 15.7. The molecule has 50 heavy (non-hydrogen) atoms. The Kier molecular flexibility index (Phi) is 16.9. The zero-order valence-electron chi connectivity index (χ0n) is 29.3. The monoisotopic (exact) mass is 742 g/mol. The van der Waals surface area contributed by atoms with Gasteiger partial charge in [-0.3, -0.25) is 38.3 Å². The Morgan fingerprint density at radius 2 is 0.880 bits per heavy atom. The van der Waals surface area contributed by atoms with Gasteiger partial charge in [-0.2, -0.15) is 0 Å². The first kappa shape index (κ1) is 44.4. The van der Waals surface area contributed by atoms with Gasteiger partial charge >= 0.3 is 35.8 Å². The molecule has 284 valence electrons. The third-order valence-electron chi connectivity index (χ3n) is 7.23. The minimum Gasteiger partial charge on any atom is -0.456 e. The van der Waals surface area contributed by atoms with E-state index in [1.54, 1.807) is 6.92 Å². The van der Waals surface area contributed by atoms with Crippen molar-refractivity contribution in [2.45, 2.75) is 148 Å². The molecule has 2 N–H and O–H groups in total. The van der Waals surface area contributed by atoms with Gasteiger partial charge < -0.3 is 43.6 Å². The van der Waals surface area contributed by atoms with Crippen molar-refractivity contribution >= 4 is 50.6 Å². The highest BCUT2D eigenvalue weighted by atomic mass is 31.0. The van der Waals surface area contributed by atoms with Crippen LogP contribution in [0.1, 0.15) is 69.2 Å². The van der Waals surface area contributed by atoms with Crippen molar-refractivity contribution in [2.75, 3.05) is 0 Å². The van der Waals surface area contributed by atoms with Crippen molar-refractivity contribution in [2.24, 2.45) is 10.5 Å². The number of nitrogens with two attached hydrogens (primary N) is 1. The summed E-state index contributed by atoms with van der Waals surface area (Å²) in [7, 11) is 2.94. The van der Waals surface area contributed by atoms with Gasteiger partial charge in [-0.05, 0) is 29.8 Å². The van der Waals surface area contributed by atoms with Crippen molar-refractivity contribution in [3.63, 3.8) is 0 Å². The number of esters is 6. The molecule has 2 rings (SSSR count). The number of ketones is 1. The van der Waals surface area contributed by atoms with Crippen LogP contribution < -0.4 is 5.73 Å². The second-order valence-electron chi connectivity index (χ2n) is 11.7. The summed E-state index contributed by atoms with van der Waals surface area (Å²) >= 11 is 0. The molecule has 0 saturated carbocycles. The summed E-state index contributed by atoms with van der Waals surface area (Å²) in [5.41, 5.74) is 5.58. The Hall–Kier alpha value is -3.67. The molecule has 2 heterocycles. The topological polar surface area (TPSA) is 232 Å². The van der Waals surface area contributed by atoms with Gasteiger partial charge in [0.1, 0.15) is 18.2 Å². The van der Waals surface area contributed by atoms with Crippen LogP contribution in [0.25, 0.3) is 0 Å². The van der Waals surface area contributed by atoms with Gasteiger partial charge in [0.2, 0.25) is 0 Å². The van der Waals surface area contributed by atoms with Crippen molar-refractivity contribution in [1.82, 2.24) is 0 Å². The average molecular weight is 743 g/mol. The van der Waals surface area contributed by atoms with Gasteiger partial charge in [-0.15, -0.1) is 0 Å². The largest absolute Gasteiger partial charge is 0.456 e. The summed E-state index contributed by atoms with van der Waals surface area (Å²) in [6.45, 7) is 11.7. The second kappa shape index (κ2) is 19.1. The highest BCUT2D eigenvalue weighted by Gasteiger charge is 2.56. The third-order valence-corrected chi connectivity index (χ3v) is 7.51. The lowest BCUT2D eigenvalue weighted by Crippen LogP contribution is -2.67. The Balaban J connectivity index is 0.000000500. The maximum absolute atomic E-state index is 13.7. The molecule has 20 heteroatoms. The van der Waals surface area contributed by atoms with E-state index in [1.165, 1.54) is 27.7 Å². The second-order valence-corrected chi connectivity index (χ2v) is 12.0. The standard InChI is InChI=1S/C15H23F2NO7.C15H22NO8P/c1-6-10(23-7(2)19)11(24-8(3)20)12(25-9(4)21)13(22-6)14(18)15(5,16)17;1-6(17)11(16-25)13-15(24-10(5)20)14(23-9(4)19)12(7(2)21-13)22-8(3)18/h6,10-14H,18H2,1-5H3;7,11-15,25H,1-5H3/t6-,10+,11-,12-,13+,14+;7-,11-,12+,13-,14-,15+/m11/s1. The molecule has 0 aromatic rings. The van der Waals surface area contributed by atoms with Crippen LogP contribution in [0.5, 0.6) is 0 Å². The van der Waals surface area contributed by atoms with Crippen LogP contribution in [0.15, 0.2) is 4.74 Å². The summed E-state index contributed by atoms with van der Waals surface area (Å²) in [6.07, 6.45) is -11.5. The molecule has 2 aliphatic rings. The van der Waals surface area contributed by atoms with Gasteiger partial charge in [-0.25, -0.2) is 8.78 Å². The molecule has 0 aliphatic carbocycles. The van der Waals surface area contributed by atoms with E-state index >= 15 is 0 Å². The molecular weight excluding hydrogens is 697 g/mol. The lowest BCUT2D eigenvalue weighted by molar-refractivity contribution is -0.255. The van der Waals surface area contributed by atoms with Gasteiger partial charge in [-0.1, -0.05) is 0 Å². The molecule has 0 spiro atoms. The number of carbonyl (C=O) groups is 7. The van der Waals surface area contributed by atoms with Crippen LogP contribution in [0.3, 0.4) is 0 Å². The molecule has 0 unspecified atom stereocenters. The summed E-state index contributed by atoms with van der Waals surface area (Å²) in [4.78, 5) is 80.5. The van der Waals surface area contributed by atoms with Crippen molar-refractivity contribution < 1.29 is 80.2 Å². The number of carbonyl (C=O) groups excluding carboxylic acids is 7. The summed E-state index contributed by atoms with van der Waals surface area (Å²) < 4.78 is 73.3. The van der Waals surface area contributed by atoms with Crippen molar-refractivity contribution in [3.8, 4) is 0 Å². The Labute approximate surface area is 289 Å². The molecule has 0 aromatic heterocycles. The van der Waals surface area contributed by atoms with Gasteiger partial charge in [0.25, 0.3) is 5.92 Å². The fourth-order valence-electron chi connectivity index (χ4n) is 5.33. The number of alkyl halides is 2. The van der Waals surface area contributed by atoms with Crippen LogP contribution in [0.4, 0.5) is 8.78 Å². The van der Waals surface area contributed by atoms with E-state index in [2.05, 4.69) is 13.8 Å². The first-order chi connectivity index (χ1) is 22.9. The van der Waals surface area contributed by atoms with E-state index in [1.807, 2.05) is 0 Å². The third kappa shape index (κ3) is 12.9. The predicted molar refractivity (Wildman–Crippen MR) is 166 cm³/mol. The van der Waals surface area contributed by atoms with Crippen molar-refractivity contribution in [1.29, 1.82) is 0 Å². The van der Waals surface area contributed by atoms with E-state index in [-0.39, 0.29) is 5.78 Å². The quantitative estimate of drug-likeness (QED) is 0.179. The lowest BCUT2D eigenvalue weighted by atomic mass is 9.89. The van der Waals surface area contributed by atoms with E-state index in [4.69, 9.17) is 43.6 Å². The van der Waals surface area contributed by atoms with Gasteiger partial charge in [0.15, 0.2) is 42.4 Å². The Bertz CT molecular complexity index is 1280. The molecule has 2 saturated heterocycles. The SMILES string of the molecule is CC(=O)O[C@@H]1[C@H](OC(C)=O)[C@@H](OC(C)=O)[C@@H](C)O[C@@H]1[C@H](N)C(C)(F)F.CC(=O)O[C@@H]1[C@H](OC(C)=O)[C@@H](OC(C)=O)[C@@H](C)O[C@@H]1[C@H](N=P)C(C)=O. The number of rotatable bonds is 11. The average Bonchev–Trinajstić information content (AvgIpc) is 2.94. The fourth-order valence-corrected chi connectivity index (χ4v) is 5.66. The maximum atomic E-state index is 13.7. The maximum Gasteiger partial charge on any atom is 0.303 e. The van der Waals surface area contributed by atoms with Gasteiger partial charge in [0.05, 0.1) is 18.2 Å². The molecule has 2 fully saturated rings. The first-order valence-electron chi connectivity index (χ1n) is 15.3. The molecule has 12 atom stereocenters. The number of hydrogen-bond donors (Lipinski definition) is 1. The number of nitrogens with zero attached hydrogens (tertiary/aromatic N) is 1. The lowest BCUT2D eigenvalue weighted by Gasteiger charge is -2.46. The predicted octanol–water partition coefficient (Wildman–Crippen LogP) is 1.40. The van der Waals surface area contributed by atoms with E-state index in [0.717, 1.165) is 27.7 Å². The van der Waals surface area contributed by atoms with E-state index < -0.39 is 115 Å². The molecule has 0 bridgehead atoms. The molecule has 17 nitrogen and oxygen atoms in total. The highest BCUT2D eigenvalue weighted by molar-refractivity contribution is 7.04. The molecular formula is C30H45F2N2O15P. The minimum atomic E-state index is -3.36. The summed E-state index contributed by atoms with van der Waals surface area (Å²) in [6, 6.07) is -2.87. The Morgan fingerprint density at radius 3 is 1.16 bits per heavy atom. The zero-order chi connectivity index (χ0) is 38.8. The number of ether oxygens (including phenoxy) is 8. The van der Waals surface area contributed by atoms with Crippen LogP contribution >= 0.6 is 9.03 Å². The van der Waals surface area contributed by atoms with Crippen LogP contribution in [-0.4, -0.2) is 121 Å². The molecule has 2 aliphatic heterocycles. The number of hydrogen-bond acceptors (Lipinski definition) is 17. The van der Waals surface area contributed by atoms with Crippen LogP contribution in [0, 0.1) is 0 Å². The zero-order valence-corrected chi connectivity index (χ0v) is 30.3. The number of halogens is 2. The molecule has 0 amide bonds. The van der Waals surface area contributed by atoms with Gasteiger partial charge in [0, 0.05) is 48.5 Å². The fraction of sp³-hybridized carbons (Fsp3) is 0.767. The normalized spacial score (nSPS) is 30.4. The smallest absolute Gasteiger partial charge is 0.303 e. The van der Waals surface area contributed by atoms with Crippen molar-refractivity contribution in [3.05, 3.63) is 0 Å². The summed E-state index contributed by atoms with van der Waals surface area (Å²) in [5, 5.41) is 0. The highest BCUT2D eigenvalue weighted by Crippen LogP contribution is 2.34. The van der Waals surface area contributed by atoms with E-state index in [0.29, 0.717) is 6.92 Å². The molecule has 0 aromatic carbocycles. The summed E-state index contributed by atoms with van der Waals surface area (Å²) in [5.74, 6) is -7.98. The molecule has 0 radical (unpaired) electrons. The van der Waals surface area contributed by atoms with Crippen LogP contribution in [-0.2, 0) is 71.5 Å².